The van der Waals surface area contributed by atoms with Crippen LogP contribution >= 0.6 is 11.6 Å². The average molecular weight is 302 g/mol. The van der Waals surface area contributed by atoms with Gasteiger partial charge in [0, 0.05) is 29.7 Å². The molecule has 2 aromatic carbocycles. The molecule has 1 unspecified atom stereocenters. The number of hydrogen-bond acceptors (Lipinski definition) is 2. The molecular formula is C18H20ClNO. The third-order valence-electron chi connectivity index (χ3n) is 3.84. The minimum atomic E-state index is 0.0875. The SMILES string of the molecule is CCC(=O)c1ccccc1N(C)C(C)c1ccccc1Cl. The van der Waals surface area contributed by atoms with E-state index in [2.05, 4.69) is 11.8 Å². The van der Waals surface area contributed by atoms with Gasteiger partial charge in [0.1, 0.15) is 0 Å². The number of nitrogens with zero attached hydrogens (tertiary/aromatic N) is 1. The van der Waals surface area contributed by atoms with Crippen LogP contribution in [0, 0.1) is 0 Å². The van der Waals surface area contributed by atoms with Crippen LogP contribution in [0.15, 0.2) is 48.5 Å². The summed E-state index contributed by atoms with van der Waals surface area (Å²) in [6, 6.07) is 15.6. The summed E-state index contributed by atoms with van der Waals surface area (Å²) in [6.45, 7) is 3.98. The molecule has 0 bridgehead atoms. The number of para-hydroxylation sites is 1. The summed E-state index contributed by atoms with van der Waals surface area (Å²) < 4.78 is 0. The lowest BCUT2D eigenvalue weighted by Gasteiger charge is -2.29. The second-order valence-electron chi connectivity index (χ2n) is 5.10. The van der Waals surface area contributed by atoms with Crippen molar-refractivity contribution >= 4 is 23.1 Å². The number of halogens is 1. The van der Waals surface area contributed by atoms with Crippen molar-refractivity contribution in [3.8, 4) is 0 Å². The van der Waals surface area contributed by atoms with Gasteiger partial charge in [0.25, 0.3) is 0 Å². The standard InChI is InChI=1S/C18H20ClNO/c1-4-18(21)15-10-6-8-12-17(15)20(3)13(2)14-9-5-7-11-16(14)19/h5-13H,4H2,1-3H3. The molecular weight excluding hydrogens is 282 g/mol. The number of hydrogen-bond donors (Lipinski definition) is 0. The van der Waals surface area contributed by atoms with Crippen molar-refractivity contribution in [3.63, 3.8) is 0 Å². The van der Waals surface area contributed by atoms with Crippen molar-refractivity contribution in [3.05, 3.63) is 64.7 Å². The first kappa shape index (κ1) is 15.6. The number of carbonyl (C=O) groups excluding carboxylic acids is 1. The fraction of sp³-hybridized carbons (Fsp3) is 0.278. The minimum Gasteiger partial charge on any atom is -0.367 e. The Kier molecular flexibility index (Phi) is 5.03. The van der Waals surface area contributed by atoms with E-state index in [-0.39, 0.29) is 11.8 Å². The molecule has 0 heterocycles. The third kappa shape index (κ3) is 3.27. The highest BCUT2D eigenvalue weighted by atomic mass is 35.5. The Morgan fingerprint density at radius 3 is 2.43 bits per heavy atom. The van der Waals surface area contributed by atoms with Gasteiger partial charge in [-0.3, -0.25) is 4.79 Å². The number of anilines is 1. The van der Waals surface area contributed by atoms with E-state index in [1.807, 2.05) is 62.5 Å². The number of carbonyl (C=O) groups is 1. The lowest BCUT2D eigenvalue weighted by molar-refractivity contribution is 0.0988. The Bertz CT molecular complexity index is 639. The van der Waals surface area contributed by atoms with Crippen LogP contribution in [0.25, 0.3) is 0 Å². The highest BCUT2D eigenvalue weighted by Crippen LogP contribution is 2.32. The summed E-state index contributed by atoms with van der Waals surface area (Å²) in [5.41, 5.74) is 2.76. The molecule has 3 heteroatoms. The summed E-state index contributed by atoms with van der Waals surface area (Å²) >= 11 is 6.29. The van der Waals surface area contributed by atoms with Crippen LogP contribution in [0.4, 0.5) is 5.69 Å². The molecule has 21 heavy (non-hydrogen) atoms. The van der Waals surface area contributed by atoms with E-state index in [0.29, 0.717) is 6.42 Å². The van der Waals surface area contributed by atoms with Crippen LogP contribution in [-0.4, -0.2) is 12.8 Å². The molecule has 0 spiro atoms. The van der Waals surface area contributed by atoms with Crippen LogP contribution in [-0.2, 0) is 0 Å². The molecule has 2 aromatic rings. The Morgan fingerprint density at radius 1 is 1.14 bits per heavy atom. The van der Waals surface area contributed by atoms with Crippen molar-refractivity contribution in [1.29, 1.82) is 0 Å². The Balaban J connectivity index is 2.39. The van der Waals surface area contributed by atoms with E-state index < -0.39 is 0 Å². The molecule has 0 fully saturated rings. The maximum Gasteiger partial charge on any atom is 0.164 e. The van der Waals surface area contributed by atoms with Crippen LogP contribution < -0.4 is 4.90 Å². The first-order chi connectivity index (χ1) is 10.1. The summed E-state index contributed by atoms with van der Waals surface area (Å²) in [5, 5.41) is 0.746. The molecule has 0 amide bonds. The zero-order valence-corrected chi connectivity index (χ0v) is 13.4. The summed E-state index contributed by atoms with van der Waals surface area (Å²) in [7, 11) is 2.00. The predicted molar refractivity (Wildman–Crippen MR) is 89.3 cm³/mol. The smallest absolute Gasteiger partial charge is 0.164 e. The highest BCUT2D eigenvalue weighted by Gasteiger charge is 2.19. The van der Waals surface area contributed by atoms with Gasteiger partial charge in [0.15, 0.2) is 5.78 Å². The number of benzene rings is 2. The largest absolute Gasteiger partial charge is 0.367 e. The molecule has 0 N–H and O–H groups in total. The van der Waals surface area contributed by atoms with Crippen LogP contribution in [0.2, 0.25) is 5.02 Å². The normalized spacial score (nSPS) is 12.0. The van der Waals surface area contributed by atoms with Crippen molar-refractivity contribution in [1.82, 2.24) is 0 Å². The van der Waals surface area contributed by atoms with Gasteiger partial charge in [-0.1, -0.05) is 48.9 Å². The second-order valence-corrected chi connectivity index (χ2v) is 5.51. The molecule has 0 saturated heterocycles. The van der Waals surface area contributed by atoms with E-state index in [9.17, 15) is 4.79 Å². The van der Waals surface area contributed by atoms with Crippen LogP contribution in [0.5, 0.6) is 0 Å². The van der Waals surface area contributed by atoms with Gasteiger partial charge in [-0.25, -0.2) is 0 Å². The molecule has 0 radical (unpaired) electrons. The van der Waals surface area contributed by atoms with Gasteiger partial charge in [-0.2, -0.15) is 0 Å². The van der Waals surface area contributed by atoms with E-state index in [1.54, 1.807) is 0 Å². The third-order valence-corrected chi connectivity index (χ3v) is 4.19. The van der Waals surface area contributed by atoms with Crippen molar-refractivity contribution < 1.29 is 4.79 Å². The molecule has 2 nitrogen and oxygen atoms in total. The van der Waals surface area contributed by atoms with Gasteiger partial charge >= 0.3 is 0 Å². The van der Waals surface area contributed by atoms with Crippen LogP contribution in [0.1, 0.15) is 42.2 Å². The lowest BCUT2D eigenvalue weighted by Crippen LogP contribution is -2.24. The van der Waals surface area contributed by atoms with E-state index in [1.165, 1.54) is 0 Å². The van der Waals surface area contributed by atoms with Gasteiger partial charge in [-0.05, 0) is 30.7 Å². The molecule has 0 aliphatic rings. The quantitative estimate of drug-likeness (QED) is 0.714. The average Bonchev–Trinajstić information content (AvgIpc) is 2.53. The molecule has 0 aliphatic heterocycles. The number of ketones is 1. The van der Waals surface area contributed by atoms with Gasteiger partial charge < -0.3 is 4.90 Å². The number of rotatable bonds is 5. The summed E-state index contributed by atoms with van der Waals surface area (Å²) in [4.78, 5) is 14.2. The van der Waals surface area contributed by atoms with Crippen molar-refractivity contribution in [2.45, 2.75) is 26.3 Å². The number of Topliss-reactive ketones (excluding diaryl/α,β-unsaturated/α-hetero) is 1. The van der Waals surface area contributed by atoms with Gasteiger partial charge in [-0.15, -0.1) is 0 Å². The Hall–Kier alpha value is -1.80. The molecule has 1 atom stereocenters. The van der Waals surface area contributed by atoms with Gasteiger partial charge in [0.2, 0.25) is 0 Å². The summed E-state index contributed by atoms with van der Waals surface area (Å²) in [5.74, 6) is 0.156. The monoisotopic (exact) mass is 301 g/mol. The fourth-order valence-electron chi connectivity index (χ4n) is 2.44. The fourth-order valence-corrected chi connectivity index (χ4v) is 2.73. The van der Waals surface area contributed by atoms with Gasteiger partial charge in [0.05, 0.1) is 6.04 Å². The molecule has 2 rings (SSSR count). The Morgan fingerprint density at radius 2 is 1.76 bits per heavy atom. The van der Waals surface area contributed by atoms with Crippen molar-refractivity contribution in [2.75, 3.05) is 11.9 Å². The topological polar surface area (TPSA) is 20.3 Å². The maximum absolute atomic E-state index is 12.1. The molecule has 0 saturated carbocycles. The van der Waals surface area contributed by atoms with E-state index in [4.69, 9.17) is 11.6 Å². The van der Waals surface area contributed by atoms with Crippen LogP contribution in [0.3, 0.4) is 0 Å². The lowest BCUT2D eigenvalue weighted by atomic mass is 10.0. The molecule has 0 aliphatic carbocycles. The molecule has 0 aromatic heterocycles. The minimum absolute atomic E-state index is 0.0875. The second kappa shape index (κ2) is 6.77. The maximum atomic E-state index is 12.1. The first-order valence-corrected chi connectivity index (χ1v) is 7.53. The Labute approximate surface area is 131 Å². The zero-order chi connectivity index (χ0) is 15.4. The zero-order valence-electron chi connectivity index (χ0n) is 12.6. The van der Waals surface area contributed by atoms with Crippen molar-refractivity contribution in [2.24, 2.45) is 0 Å². The first-order valence-electron chi connectivity index (χ1n) is 7.15. The van der Waals surface area contributed by atoms with E-state index in [0.717, 1.165) is 21.8 Å². The predicted octanol–water partition coefficient (Wildman–Crippen LogP) is 5.13. The van der Waals surface area contributed by atoms with E-state index >= 15 is 0 Å². The highest BCUT2D eigenvalue weighted by molar-refractivity contribution is 6.31. The molecule has 110 valence electrons. The summed E-state index contributed by atoms with van der Waals surface area (Å²) in [6.07, 6.45) is 0.505.